The molecule has 0 saturated heterocycles. The molecule has 0 spiro atoms. The molecule has 0 aliphatic heterocycles. The molecule has 6 nitrogen and oxygen atoms in total. The summed E-state index contributed by atoms with van der Waals surface area (Å²) in [7, 11) is -7.92. The van der Waals surface area contributed by atoms with E-state index in [4.69, 9.17) is 9.66 Å². The number of aliphatic hydroxyl groups excluding tert-OH is 1. The summed E-state index contributed by atoms with van der Waals surface area (Å²) >= 11 is 0. The SMILES string of the molecule is O=S(=O)(O)c1ccc(S(=O)(=O)CCO)cc1. The molecule has 8 heteroatoms. The van der Waals surface area contributed by atoms with Gasteiger partial charge in [0.1, 0.15) is 0 Å². The molecule has 0 unspecified atom stereocenters. The number of hydrogen-bond donors (Lipinski definition) is 2. The monoisotopic (exact) mass is 266 g/mol. The van der Waals surface area contributed by atoms with E-state index in [1.807, 2.05) is 0 Å². The average molecular weight is 266 g/mol. The van der Waals surface area contributed by atoms with Gasteiger partial charge in [0.15, 0.2) is 9.84 Å². The van der Waals surface area contributed by atoms with Gasteiger partial charge in [-0.2, -0.15) is 8.42 Å². The number of hydrogen-bond acceptors (Lipinski definition) is 5. The number of aliphatic hydroxyl groups is 1. The minimum absolute atomic E-state index is 0.103. The van der Waals surface area contributed by atoms with Crippen LogP contribution in [0.1, 0.15) is 0 Å². The minimum atomic E-state index is -4.32. The van der Waals surface area contributed by atoms with Crippen molar-refractivity contribution in [2.75, 3.05) is 12.4 Å². The number of benzene rings is 1. The van der Waals surface area contributed by atoms with Crippen LogP contribution < -0.4 is 0 Å². The Morgan fingerprint density at radius 1 is 0.938 bits per heavy atom. The van der Waals surface area contributed by atoms with Crippen molar-refractivity contribution in [3.63, 3.8) is 0 Å². The Hall–Kier alpha value is -0.960. The van der Waals surface area contributed by atoms with Gasteiger partial charge < -0.3 is 5.11 Å². The van der Waals surface area contributed by atoms with Crippen molar-refractivity contribution >= 4 is 20.0 Å². The van der Waals surface area contributed by atoms with E-state index in [9.17, 15) is 16.8 Å². The van der Waals surface area contributed by atoms with Crippen molar-refractivity contribution in [1.82, 2.24) is 0 Å². The van der Waals surface area contributed by atoms with Gasteiger partial charge in [0.05, 0.1) is 22.2 Å². The largest absolute Gasteiger partial charge is 0.395 e. The van der Waals surface area contributed by atoms with Crippen LogP contribution >= 0.6 is 0 Å². The lowest BCUT2D eigenvalue weighted by molar-refractivity contribution is 0.319. The van der Waals surface area contributed by atoms with Gasteiger partial charge in [0.25, 0.3) is 10.1 Å². The summed E-state index contributed by atoms with van der Waals surface area (Å²) in [5, 5.41) is 8.53. The summed E-state index contributed by atoms with van der Waals surface area (Å²) < 4.78 is 52.9. The molecule has 90 valence electrons. The van der Waals surface area contributed by atoms with Gasteiger partial charge in [0.2, 0.25) is 0 Å². The van der Waals surface area contributed by atoms with Crippen LogP contribution in [0.3, 0.4) is 0 Å². The number of sulfone groups is 1. The molecule has 0 aromatic heterocycles. The third-order valence-electron chi connectivity index (χ3n) is 1.84. The molecule has 0 radical (unpaired) electrons. The van der Waals surface area contributed by atoms with E-state index >= 15 is 0 Å². The van der Waals surface area contributed by atoms with Gasteiger partial charge in [-0.15, -0.1) is 0 Å². The second-order valence-corrected chi connectivity index (χ2v) is 6.52. The van der Waals surface area contributed by atoms with Crippen LogP contribution in [0.5, 0.6) is 0 Å². The zero-order valence-electron chi connectivity index (χ0n) is 8.07. The van der Waals surface area contributed by atoms with E-state index in [0.29, 0.717) is 0 Å². The fourth-order valence-electron chi connectivity index (χ4n) is 1.06. The smallest absolute Gasteiger partial charge is 0.294 e. The van der Waals surface area contributed by atoms with E-state index in [1.165, 1.54) is 0 Å². The molecule has 1 aromatic carbocycles. The molecule has 0 saturated carbocycles. The predicted molar refractivity (Wildman–Crippen MR) is 55.4 cm³/mol. The first-order valence-electron chi connectivity index (χ1n) is 4.18. The second-order valence-electron chi connectivity index (χ2n) is 2.99. The highest BCUT2D eigenvalue weighted by molar-refractivity contribution is 7.91. The van der Waals surface area contributed by atoms with Crippen LogP contribution in [0.15, 0.2) is 34.1 Å². The molecule has 0 aliphatic carbocycles. The molecule has 0 aliphatic rings. The van der Waals surface area contributed by atoms with Crippen LogP contribution in [-0.4, -0.2) is 38.9 Å². The first-order chi connectivity index (χ1) is 7.27. The maximum absolute atomic E-state index is 11.4. The van der Waals surface area contributed by atoms with Gasteiger partial charge in [-0.05, 0) is 24.3 Å². The summed E-state index contributed by atoms with van der Waals surface area (Å²) in [5.41, 5.74) is 0. The van der Waals surface area contributed by atoms with Gasteiger partial charge in [-0.1, -0.05) is 0 Å². The Bertz CT molecular complexity index is 555. The molecular formula is C8H10O6S2. The lowest BCUT2D eigenvalue weighted by Crippen LogP contribution is -2.10. The molecule has 0 fully saturated rings. The van der Waals surface area contributed by atoms with Crippen molar-refractivity contribution in [3.8, 4) is 0 Å². The van der Waals surface area contributed by atoms with Crippen molar-refractivity contribution in [2.24, 2.45) is 0 Å². The van der Waals surface area contributed by atoms with Crippen LogP contribution in [-0.2, 0) is 20.0 Å². The Balaban J connectivity index is 3.15. The Labute approximate surface area is 93.2 Å². The van der Waals surface area contributed by atoms with E-state index < -0.39 is 32.3 Å². The van der Waals surface area contributed by atoms with Crippen molar-refractivity contribution in [1.29, 1.82) is 0 Å². The molecular weight excluding hydrogens is 256 g/mol. The molecule has 0 bridgehead atoms. The van der Waals surface area contributed by atoms with Crippen LogP contribution in [0.2, 0.25) is 0 Å². The van der Waals surface area contributed by atoms with E-state index in [0.717, 1.165) is 24.3 Å². The van der Waals surface area contributed by atoms with E-state index in [2.05, 4.69) is 0 Å². The third kappa shape index (κ3) is 3.01. The maximum Gasteiger partial charge on any atom is 0.294 e. The topological polar surface area (TPSA) is 109 Å². The summed E-state index contributed by atoms with van der Waals surface area (Å²) in [6, 6.07) is 4.10. The van der Waals surface area contributed by atoms with Crippen molar-refractivity contribution < 1.29 is 26.5 Å². The zero-order chi connectivity index (χ0) is 12.4. The highest BCUT2D eigenvalue weighted by Gasteiger charge is 2.15. The predicted octanol–water partition coefficient (Wildman–Crippen LogP) is -0.301. The van der Waals surface area contributed by atoms with E-state index in [-0.39, 0.29) is 9.79 Å². The Morgan fingerprint density at radius 3 is 1.75 bits per heavy atom. The summed E-state index contributed by atoms with van der Waals surface area (Å²) in [4.78, 5) is -0.482. The minimum Gasteiger partial charge on any atom is -0.395 e. The van der Waals surface area contributed by atoms with Crippen molar-refractivity contribution in [3.05, 3.63) is 24.3 Å². The summed E-state index contributed by atoms with van der Waals surface area (Å²) in [6.45, 7) is -0.512. The molecule has 0 atom stereocenters. The molecule has 0 heterocycles. The van der Waals surface area contributed by atoms with Crippen LogP contribution in [0, 0.1) is 0 Å². The highest BCUT2D eigenvalue weighted by Crippen LogP contribution is 2.15. The van der Waals surface area contributed by atoms with E-state index in [1.54, 1.807) is 0 Å². The molecule has 16 heavy (non-hydrogen) atoms. The standard InChI is InChI=1S/C8H10O6S2/c9-5-6-15(10,11)7-1-3-8(4-2-7)16(12,13)14/h1-4,9H,5-6H2,(H,12,13,14). The van der Waals surface area contributed by atoms with Crippen LogP contribution in [0.4, 0.5) is 0 Å². The van der Waals surface area contributed by atoms with Gasteiger partial charge in [0, 0.05) is 0 Å². The summed E-state index contributed by atoms with van der Waals surface area (Å²) in [5.74, 6) is -0.432. The fourth-order valence-corrected chi connectivity index (χ4v) is 2.56. The Kier molecular flexibility index (Phi) is 3.68. The second kappa shape index (κ2) is 4.50. The van der Waals surface area contributed by atoms with Crippen molar-refractivity contribution in [2.45, 2.75) is 9.79 Å². The normalized spacial score (nSPS) is 12.6. The molecule has 2 N–H and O–H groups in total. The molecule has 1 rings (SSSR count). The Morgan fingerprint density at radius 2 is 1.38 bits per heavy atom. The third-order valence-corrected chi connectivity index (χ3v) is 4.42. The summed E-state index contributed by atoms with van der Waals surface area (Å²) in [6.07, 6.45) is 0. The first-order valence-corrected chi connectivity index (χ1v) is 7.28. The van der Waals surface area contributed by atoms with Crippen LogP contribution in [0.25, 0.3) is 0 Å². The first kappa shape index (κ1) is 13.1. The average Bonchev–Trinajstić information content (AvgIpc) is 2.16. The van der Waals surface area contributed by atoms with Gasteiger partial charge in [-0.25, -0.2) is 8.42 Å². The number of rotatable bonds is 4. The quantitative estimate of drug-likeness (QED) is 0.724. The van der Waals surface area contributed by atoms with Gasteiger partial charge >= 0.3 is 0 Å². The fraction of sp³-hybridized carbons (Fsp3) is 0.250. The lowest BCUT2D eigenvalue weighted by Gasteiger charge is -2.02. The zero-order valence-corrected chi connectivity index (χ0v) is 9.70. The highest BCUT2D eigenvalue weighted by atomic mass is 32.2. The molecule has 0 amide bonds. The molecule has 1 aromatic rings. The lowest BCUT2D eigenvalue weighted by atomic mass is 10.4. The van der Waals surface area contributed by atoms with Gasteiger partial charge in [-0.3, -0.25) is 4.55 Å². The maximum atomic E-state index is 11.4.